The lowest BCUT2D eigenvalue weighted by atomic mass is 9.97. The molecule has 15 heavy (non-hydrogen) atoms. The summed E-state index contributed by atoms with van der Waals surface area (Å²) >= 11 is 1.60. The SMILES string of the molecule is O=C1CCCc2c1ccn2-c1nccs1. The van der Waals surface area contributed by atoms with E-state index in [2.05, 4.69) is 4.98 Å². The van der Waals surface area contributed by atoms with Crippen molar-refractivity contribution < 1.29 is 4.79 Å². The molecule has 76 valence electrons. The smallest absolute Gasteiger partial charge is 0.193 e. The van der Waals surface area contributed by atoms with Crippen molar-refractivity contribution in [3.63, 3.8) is 0 Å². The molecule has 0 bridgehead atoms. The molecule has 0 atom stereocenters. The van der Waals surface area contributed by atoms with Gasteiger partial charge in [0.1, 0.15) is 0 Å². The van der Waals surface area contributed by atoms with Crippen LogP contribution < -0.4 is 0 Å². The summed E-state index contributed by atoms with van der Waals surface area (Å²) in [4.78, 5) is 15.9. The standard InChI is InChI=1S/C11H10N2OS/c14-10-3-1-2-9-8(10)4-6-13(9)11-12-5-7-15-11/h4-7H,1-3H2. The van der Waals surface area contributed by atoms with E-state index in [1.165, 1.54) is 0 Å². The Labute approximate surface area is 91.4 Å². The molecule has 0 radical (unpaired) electrons. The predicted molar refractivity (Wildman–Crippen MR) is 58.7 cm³/mol. The molecule has 3 rings (SSSR count). The molecule has 1 aliphatic carbocycles. The fourth-order valence-corrected chi connectivity index (χ4v) is 2.69. The van der Waals surface area contributed by atoms with E-state index < -0.39 is 0 Å². The highest BCUT2D eigenvalue weighted by Crippen LogP contribution is 2.25. The minimum atomic E-state index is 0.270. The van der Waals surface area contributed by atoms with Crippen molar-refractivity contribution in [2.75, 3.05) is 0 Å². The van der Waals surface area contributed by atoms with Gasteiger partial charge in [0.25, 0.3) is 0 Å². The summed E-state index contributed by atoms with van der Waals surface area (Å²) in [5.74, 6) is 0.270. The molecule has 2 heterocycles. The maximum Gasteiger partial charge on any atom is 0.193 e. The summed E-state index contributed by atoms with van der Waals surface area (Å²) in [7, 11) is 0. The second kappa shape index (κ2) is 3.31. The van der Waals surface area contributed by atoms with Crippen LogP contribution in [0, 0.1) is 0 Å². The number of thiazole rings is 1. The zero-order chi connectivity index (χ0) is 10.3. The van der Waals surface area contributed by atoms with Crippen LogP contribution in [0.4, 0.5) is 0 Å². The molecule has 0 fully saturated rings. The van der Waals surface area contributed by atoms with Crippen molar-refractivity contribution in [1.82, 2.24) is 9.55 Å². The number of hydrogen-bond donors (Lipinski definition) is 0. The van der Waals surface area contributed by atoms with E-state index in [0.717, 1.165) is 29.2 Å². The molecule has 0 amide bonds. The zero-order valence-corrected chi connectivity index (χ0v) is 8.96. The van der Waals surface area contributed by atoms with Crippen molar-refractivity contribution in [3.8, 4) is 5.13 Å². The van der Waals surface area contributed by atoms with Gasteiger partial charge in [0.2, 0.25) is 0 Å². The van der Waals surface area contributed by atoms with Crippen molar-refractivity contribution in [3.05, 3.63) is 35.1 Å². The minimum absolute atomic E-state index is 0.270. The summed E-state index contributed by atoms with van der Waals surface area (Å²) in [6, 6.07) is 1.91. The lowest BCUT2D eigenvalue weighted by Gasteiger charge is -2.12. The van der Waals surface area contributed by atoms with Gasteiger partial charge in [0.15, 0.2) is 10.9 Å². The van der Waals surface area contributed by atoms with Gasteiger partial charge in [-0.2, -0.15) is 0 Å². The van der Waals surface area contributed by atoms with Crippen LogP contribution in [-0.4, -0.2) is 15.3 Å². The molecule has 0 N–H and O–H groups in total. The molecule has 0 aliphatic heterocycles. The third-order valence-electron chi connectivity index (χ3n) is 2.74. The Morgan fingerprint density at radius 1 is 1.40 bits per heavy atom. The first-order valence-electron chi connectivity index (χ1n) is 4.99. The second-order valence-corrected chi connectivity index (χ2v) is 4.51. The first-order chi connectivity index (χ1) is 7.36. The fourth-order valence-electron chi connectivity index (χ4n) is 2.04. The van der Waals surface area contributed by atoms with Gasteiger partial charge in [0.05, 0.1) is 0 Å². The summed E-state index contributed by atoms with van der Waals surface area (Å²) in [6.45, 7) is 0. The number of carbonyl (C=O) groups excluding carboxylic acids is 1. The van der Waals surface area contributed by atoms with Gasteiger partial charge in [-0.25, -0.2) is 4.98 Å². The number of fused-ring (bicyclic) bond motifs is 1. The Morgan fingerprint density at radius 2 is 2.33 bits per heavy atom. The molecular weight excluding hydrogens is 208 g/mol. The molecule has 0 saturated heterocycles. The van der Waals surface area contributed by atoms with Crippen LogP contribution in [0.1, 0.15) is 28.9 Å². The number of hydrogen-bond acceptors (Lipinski definition) is 3. The highest BCUT2D eigenvalue weighted by Gasteiger charge is 2.21. The number of nitrogens with zero attached hydrogens (tertiary/aromatic N) is 2. The van der Waals surface area contributed by atoms with E-state index in [1.54, 1.807) is 17.5 Å². The van der Waals surface area contributed by atoms with Gasteiger partial charge in [-0.3, -0.25) is 9.36 Å². The van der Waals surface area contributed by atoms with Crippen LogP contribution in [-0.2, 0) is 6.42 Å². The molecular formula is C11H10N2OS. The molecule has 2 aromatic heterocycles. The monoisotopic (exact) mass is 218 g/mol. The maximum atomic E-state index is 11.6. The Bertz CT molecular complexity index is 499. The molecule has 1 aliphatic rings. The normalized spacial score (nSPS) is 15.3. The van der Waals surface area contributed by atoms with Crippen LogP contribution >= 0.6 is 11.3 Å². The van der Waals surface area contributed by atoms with Crippen LogP contribution in [0.25, 0.3) is 5.13 Å². The van der Waals surface area contributed by atoms with E-state index in [4.69, 9.17) is 0 Å². The molecule has 3 nitrogen and oxygen atoms in total. The Kier molecular flexibility index (Phi) is 1.95. The van der Waals surface area contributed by atoms with E-state index >= 15 is 0 Å². The minimum Gasteiger partial charge on any atom is -0.296 e. The van der Waals surface area contributed by atoms with E-state index in [0.29, 0.717) is 6.42 Å². The third-order valence-corrected chi connectivity index (χ3v) is 3.51. The Balaban J connectivity index is 2.15. The second-order valence-electron chi connectivity index (χ2n) is 3.64. The highest BCUT2D eigenvalue weighted by atomic mass is 32.1. The average Bonchev–Trinajstić information content (AvgIpc) is 2.85. The Hall–Kier alpha value is -1.42. The highest BCUT2D eigenvalue weighted by molar-refractivity contribution is 7.12. The lowest BCUT2D eigenvalue weighted by molar-refractivity contribution is 0.0972. The molecule has 0 aromatic carbocycles. The first-order valence-corrected chi connectivity index (χ1v) is 5.87. The number of rotatable bonds is 1. The largest absolute Gasteiger partial charge is 0.296 e. The van der Waals surface area contributed by atoms with Crippen molar-refractivity contribution in [2.24, 2.45) is 0 Å². The van der Waals surface area contributed by atoms with Gasteiger partial charge in [-0.1, -0.05) is 0 Å². The van der Waals surface area contributed by atoms with Crippen molar-refractivity contribution in [2.45, 2.75) is 19.3 Å². The summed E-state index contributed by atoms with van der Waals surface area (Å²) in [5, 5.41) is 2.90. The van der Waals surface area contributed by atoms with E-state index in [-0.39, 0.29) is 5.78 Å². The summed E-state index contributed by atoms with van der Waals surface area (Å²) in [6.07, 6.45) is 6.37. The summed E-state index contributed by atoms with van der Waals surface area (Å²) < 4.78 is 2.04. The van der Waals surface area contributed by atoms with Crippen LogP contribution in [0.5, 0.6) is 0 Å². The topological polar surface area (TPSA) is 34.9 Å². The molecule has 4 heteroatoms. The average molecular weight is 218 g/mol. The van der Waals surface area contributed by atoms with Crippen LogP contribution in [0.15, 0.2) is 23.8 Å². The van der Waals surface area contributed by atoms with E-state index in [1.807, 2.05) is 22.2 Å². The third kappa shape index (κ3) is 1.33. The number of ketones is 1. The van der Waals surface area contributed by atoms with Crippen molar-refractivity contribution >= 4 is 17.1 Å². The quantitative estimate of drug-likeness (QED) is 0.737. The van der Waals surface area contributed by atoms with Crippen LogP contribution in [0.2, 0.25) is 0 Å². The molecule has 0 unspecified atom stereocenters. The lowest BCUT2D eigenvalue weighted by Crippen LogP contribution is -2.12. The van der Waals surface area contributed by atoms with Gasteiger partial charge in [0, 0.05) is 35.5 Å². The van der Waals surface area contributed by atoms with Crippen LogP contribution in [0.3, 0.4) is 0 Å². The maximum absolute atomic E-state index is 11.6. The number of carbonyl (C=O) groups is 1. The molecule has 0 spiro atoms. The predicted octanol–water partition coefficient (Wildman–Crippen LogP) is 2.45. The van der Waals surface area contributed by atoms with Gasteiger partial charge < -0.3 is 0 Å². The van der Waals surface area contributed by atoms with E-state index in [9.17, 15) is 4.79 Å². The van der Waals surface area contributed by atoms with Gasteiger partial charge in [-0.05, 0) is 18.9 Å². The zero-order valence-electron chi connectivity index (χ0n) is 8.14. The Morgan fingerprint density at radius 3 is 3.13 bits per heavy atom. The molecule has 0 saturated carbocycles. The first kappa shape index (κ1) is 8.85. The fraction of sp³-hybridized carbons (Fsp3) is 0.273. The molecule has 2 aromatic rings. The van der Waals surface area contributed by atoms with Gasteiger partial charge in [-0.15, -0.1) is 11.3 Å². The van der Waals surface area contributed by atoms with Gasteiger partial charge >= 0.3 is 0 Å². The summed E-state index contributed by atoms with van der Waals surface area (Å²) in [5.41, 5.74) is 2.01. The number of Topliss-reactive ketones (excluding diaryl/α,β-unsaturated/α-hetero) is 1. The van der Waals surface area contributed by atoms with Crippen molar-refractivity contribution in [1.29, 1.82) is 0 Å². The number of aromatic nitrogens is 2.